The first-order chi connectivity index (χ1) is 9.06. The minimum atomic E-state index is -4.28. The van der Waals surface area contributed by atoms with Gasteiger partial charge >= 0.3 is 6.18 Å². The van der Waals surface area contributed by atoms with Crippen LogP contribution in [0, 0.1) is 0 Å². The molecule has 0 spiro atoms. The molecule has 0 atom stereocenters. The van der Waals surface area contributed by atoms with Gasteiger partial charge in [0, 0.05) is 0 Å². The summed E-state index contributed by atoms with van der Waals surface area (Å²) in [5, 5.41) is 1.23. The molecule has 2 rings (SSSR count). The van der Waals surface area contributed by atoms with Gasteiger partial charge in [-0.05, 0) is 24.3 Å². The minimum Gasteiger partial charge on any atom is -0.167 e. The molecular formula is C15H12F3S+. The van der Waals surface area contributed by atoms with Gasteiger partial charge in [0.2, 0.25) is 0 Å². The first-order valence-corrected chi connectivity index (χ1v) is 6.94. The van der Waals surface area contributed by atoms with Crippen LogP contribution in [0.3, 0.4) is 0 Å². The third-order valence-electron chi connectivity index (χ3n) is 2.39. The van der Waals surface area contributed by atoms with Crippen LogP contribution in [-0.2, 0) is 10.9 Å². The van der Waals surface area contributed by atoms with Crippen molar-refractivity contribution in [2.24, 2.45) is 0 Å². The van der Waals surface area contributed by atoms with Gasteiger partial charge in [-0.15, -0.1) is 0 Å². The number of allylic oxidation sites excluding steroid dienone is 1. The normalized spacial score (nSPS) is 12.2. The van der Waals surface area contributed by atoms with Crippen LogP contribution < -0.4 is 0 Å². The molecule has 0 aliphatic heterocycles. The maximum atomic E-state index is 12.4. The van der Waals surface area contributed by atoms with E-state index in [1.165, 1.54) is 5.41 Å². The Morgan fingerprint density at radius 1 is 0.737 bits per heavy atom. The van der Waals surface area contributed by atoms with Crippen molar-refractivity contribution in [3.8, 4) is 0 Å². The number of hydrogen-bond donors (Lipinski definition) is 0. The van der Waals surface area contributed by atoms with Crippen LogP contribution in [0.4, 0.5) is 13.2 Å². The summed E-state index contributed by atoms with van der Waals surface area (Å²) in [4.78, 5) is 1.74. The molecule has 0 amide bonds. The molecule has 4 heteroatoms. The molecule has 0 aromatic heterocycles. The average molecular weight is 281 g/mol. The van der Waals surface area contributed by atoms with Gasteiger partial charge < -0.3 is 0 Å². The second-order valence-corrected chi connectivity index (χ2v) is 5.70. The number of rotatable bonds is 3. The van der Waals surface area contributed by atoms with Crippen molar-refractivity contribution in [1.82, 2.24) is 0 Å². The van der Waals surface area contributed by atoms with Crippen molar-refractivity contribution < 1.29 is 13.2 Å². The Balaban J connectivity index is 2.38. The van der Waals surface area contributed by atoms with Crippen molar-refractivity contribution in [3.63, 3.8) is 0 Å². The van der Waals surface area contributed by atoms with E-state index in [4.69, 9.17) is 0 Å². The predicted molar refractivity (Wildman–Crippen MR) is 72.0 cm³/mol. The van der Waals surface area contributed by atoms with E-state index in [0.717, 1.165) is 9.79 Å². The van der Waals surface area contributed by atoms with Gasteiger partial charge in [0.25, 0.3) is 0 Å². The number of halogens is 3. The molecule has 98 valence electrons. The Morgan fingerprint density at radius 2 is 1.16 bits per heavy atom. The Morgan fingerprint density at radius 3 is 1.53 bits per heavy atom. The van der Waals surface area contributed by atoms with Crippen LogP contribution in [0.2, 0.25) is 0 Å². The molecule has 2 aromatic rings. The number of alkyl halides is 3. The maximum Gasteiger partial charge on any atom is 0.413 e. The molecular weight excluding hydrogens is 269 g/mol. The highest BCUT2D eigenvalue weighted by atomic mass is 32.2. The highest BCUT2D eigenvalue weighted by molar-refractivity contribution is 7.99. The first-order valence-electron chi connectivity index (χ1n) is 5.65. The van der Waals surface area contributed by atoms with Crippen molar-refractivity contribution in [3.05, 3.63) is 72.1 Å². The lowest BCUT2D eigenvalue weighted by molar-refractivity contribution is -0.0796. The molecule has 2 aromatic carbocycles. The summed E-state index contributed by atoms with van der Waals surface area (Å²) in [6.07, 6.45) is -3.97. The van der Waals surface area contributed by atoms with Gasteiger partial charge in [0.1, 0.15) is 5.41 Å². The summed E-state index contributed by atoms with van der Waals surface area (Å²) >= 11 is 0. The zero-order chi connectivity index (χ0) is 13.7. The SMILES string of the molecule is FC(F)(F)/C=C/[S+](c1ccccc1)c1ccccc1. The summed E-state index contributed by atoms with van der Waals surface area (Å²) in [5.41, 5.74) is 0. The Kier molecular flexibility index (Phi) is 4.32. The topological polar surface area (TPSA) is 0 Å². The molecule has 0 N–H and O–H groups in total. The summed E-state index contributed by atoms with van der Waals surface area (Å²) < 4.78 is 37.1. The van der Waals surface area contributed by atoms with E-state index in [1.54, 1.807) is 0 Å². The van der Waals surface area contributed by atoms with E-state index in [1.807, 2.05) is 60.7 Å². The zero-order valence-electron chi connectivity index (χ0n) is 9.97. The van der Waals surface area contributed by atoms with E-state index < -0.39 is 17.1 Å². The molecule has 0 fully saturated rings. The highest BCUT2D eigenvalue weighted by Gasteiger charge is 2.28. The predicted octanol–water partition coefficient (Wildman–Crippen LogP) is 4.80. The van der Waals surface area contributed by atoms with Crippen LogP contribution >= 0.6 is 0 Å². The summed E-state index contributed by atoms with van der Waals surface area (Å²) in [5.74, 6) is 0. The van der Waals surface area contributed by atoms with Gasteiger partial charge in [0.05, 0.1) is 17.0 Å². The molecule has 0 heterocycles. The molecule has 0 aliphatic rings. The highest BCUT2D eigenvalue weighted by Crippen LogP contribution is 2.26. The number of benzene rings is 2. The van der Waals surface area contributed by atoms with Crippen LogP contribution in [0.25, 0.3) is 0 Å². The van der Waals surface area contributed by atoms with Crippen LogP contribution in [0.5, 0.6) is 0 Å². The van der Waals surface area contributed by atoms with Crippen molar-refractivity contribution in [2.45, 2.75) is 16.0 Å². The quantitative estimate of drug-likeness (QED) is 0.709. The monoisotopic (exact) mass is 281 g/mol. The standard InChI is InChI=1S/C15H12F3S/c16-15(17,18)11-12-19(13-7-3-1-4-8-13)14-9-5-2-6-10-14/h1-12H/q+1/b12-11+. The van der Waals surface area contributed by atoms with Gasteiger partial charge in [-0.3, -0.25) is 0 Å². The summed E-state index contributed by atoms with van der Waals surface area (Å²) in [6, 6.07) is 18.4. The lowest BCUT2D eigenvalue weighted by atomic mass is 10.4. The fourth-order valence-electron chi connectivity index (χ4n) is 1.57. The van der Waals surface area contributed by atoms with E-state index in [-0.39, 0.29) is 0 Å². The molecule has 19 heavy (non-hydrogen) atoms. The lowest BCUT2D eigenvalue weighted by Gasteiger charge is -2.03. The molecule has 0 radical (unpaired) electrons. The van der Waals surface area contributed by atoms with Crippen LogP contribution in [0.1, 0.15) is 0 Å². The van der Waals surface area contributed by atoms with Gasteiger partial charge in [0.15, 0.2) is 9.79 Å². The molecule has 0 unspecified atom stereocenters. The molecule has 0 aliphatic carbocycles. The Labute approximate surface area is 112 Å². The Hall–Kier alpha value is -1.68. The summed E-state index contributed by atoms with van der Waals surface area (Å²) in [7, 11) is -0.698. The number of hydrogen-bond acceptors (Lipinski definition) is 0. The average Bonchev–Trinajstić information content (AvgIpc) is 2.40. The van der Waals surface area contributed by atoms with Crippen LogP contribution in [-0.4, -0.2) is 6.18 Å². The first kappa shape index (κ1) is 13.7. The largest absolute Gasteiger partial charge is 0.413 e. The molecule has 0 nitrogen and oxygen atoms in total. The van der Waals surface area contributed by atoms with E-state index in [2.05, 4.69) is 0 Å². The van der Waals surface area contributed by atoms with Gasteiger partial charge in [-0.1, -0.05) is 36.4 Å². The van der Waals surface area contributed by atoms with Gasteiger partial charge in [-0.25, -0.2) is 0 Å². The van der Waals surface area contributed by atoms with E-state index in [9.17, 15) is 13.2 Å². The molecule has 0 saturated heterocycles. The molecule has 0 saturated carbocycles. The fourth-order valence-corrected chi connectivity index (χ4v) is 3.35. The van der Waals surface area contributed by atoms with E-state index >= 15 is 0 Å². The van der Waals surface area contributed by atoms with E-state index in [0.29, 0.717) is 6.08 Å². The maximum absolute atomic E-state index is 12.4. The van der Waals surface area contributed by atoms with Crippen molar-refractivity contribution in [1.29, 1.82) is 0 Å². The zero-order valence-corrected chi connectivity index (χ0v) is 10.8. The van der Waals surface area contributed by atoms with Crippen molar-refractivity contribution >= 4 is 10.9 Å². The summed E-state index contributed by atoms with van der Waals surface area (Å²) in [6.45, 7) is 0. The second-order valence-electron chi connectivity index (χ2n) is 3.81. The second kappa shape index (κ2) is 5.97. The van der Waals surface area contributed by atoms with Crippen LogP contribution in [0.15, 0.2) is 81.9 Å². The minimum absolute atomic E-state index is 0.316. The Bertz CT molecular complexity index is 493. The lowest BCUT2D eigenvalue weighted by Crippen LogP contribution is -2.05. The van der Waals surface area contributed by atoms with Gasteiger partial charge in [-0.2, -0.15) is 13.2 Å². The third kappa shape index (κ3) is 4.17. The third-order valence-corrected chi connectivity index (χ3v) is 4.36. The van der Waals surface area contributed by atoms with Crippen molar-refractivity contribution in [2.75, 3.05) is 0 Å². The fraction of sp³-hybridized carbons (Fsp3) is 0.0667. The smallest absolute Gasteiger partial charge is 0.167 e. The molecule has 0 bridgehead atoms.